The van der Waals surface area contributed by atoms with E-state index in [2.05, 4.69) is 10.2 Å². The van der Waals surface area contributed by atoms with Crippen molar-refractivity contribution >= 4 is 17.7 Å². The van der Waals surface area contributed by atoms with Gasteiger partial charge in [0.25, 0.3) is 5.91 Å². The third-order valence-corrected chi connectivity index (χ3v) is 5.38. The Hall–Kier alpha value is -3.27. The van der Waals surface area contributed by atoms with Gasteiger partial charge in [-0.15, -0.1) is 10.2 Å². The standard InChI is InChI=1S/C20H19FN4O4S/c1-27-14-9-13(10-15(11-14)28-2)19(26)24-7-8-30-20-23-22-18(25(20)24)12-29-17-6-4-3-5-16(17)21/h3-6,9-11H,7-8,12H2,1-2H3. The zero-order valence-electron chi connectivity index (χ0n) is 16.4. The van der Waals surface area contributed by atoms with Crippen LogP contribution >= 0.6 is 11.8 Å². The zero-order chi connectivity index (χ0) is 21.1. The van der Waals surface area contributed by atoms with Gasteiger partial charge in [0.2, 0.25) is 5.16 Å². The molecule has 0 unspecified atom stereocenters. The molecule has 2 heterocycles. The van der Waals surface area contributed by atoms with Crippen molar-refractivity contribution in [2.45, 2.75) is 11.8 Å². The maximum Gasteiger partial charge on any atom is 0.273 e. The molecule has 3 aromatic rings. The van der Waals surface area contributed by atoms with E-state index in [1.165, 1.54) is 38.1 Å². The maximum atomic E-state index is 13.9. The molecule has 1 amide bonds. The van der Waals surface area contributed by atoms with Gasteiger partial charge in [0.1, 0.15) is 18.1 Å². The molecule has 0 N–H and O–H groups in total. The molecule has 1 aliphatic heterocycles. The van der Waals surface area contributed by atoms with Gasteiger partial charge in [-0.1, -0.05) is 23.9 Å². The van der Waals surface area contributed by atoms with E-state index in [4.69, 9.17) is 14.2 Å². The predicted molar refractivity (Wildman–Crippen MR) is 108 cm³/mol. The lowest BCUT2D eigenvalue weighted by molar-refractivity contribution is 0.0952. The Bertz CT molecular complexity index is 1050. The molecule has 10 heteroatoms. The van der Waals surface area contributed by atoms with E-state index in [1.54, 1.807) is 40.0 Å². The third-order valence-electron chi connectivity index (χ3n) is 4.48. The molecule has 2 aromatic carbocycles. The number of nitrogens with zero attached hydrogens (tertiary/aromatic N) is 4. The number of rotatable bonds is 6. The van der Waals surface area contributed by atoms with Gasteiger partial charge < -0.3 is 14.2 Å². The Morgan fingerprint density at radius 1 is 1.13 bits per heavy atom. The van der Waals surface area contributed by atoms with Gasteiger partial charge >= 0.3 is 0 Å². The number of para-hydroxylation sites is 1. The van der Waals surface area contributed by atoms with Crippen molar-refractivity contribution in [3.63, 3.8) is 0 Å². The average molecular weight is 430 g/mol. The van der Waals surface area contributed by atoms with Crippen LogP contribution in [0, 0.1) is 5.82 Å². The van der Waals surface area contributed by atoms with Crippen LogP contribution < -0.4 is 19.2 Å². The number of thioether (sulfide) groups is 1. The molecule has 1 aromatic heterocycles. The van der Waals surface area contributed by atoms with Crippen LogP contribution in [-0.2, 0) is 6.61 Å². The SMILES string of the molecule is COc1cc(OC)cc(C(=O)N2CCSc3nnc(COc4ccccc4F)n32)c1. The molecule has 0 radical (unpaired) electrons. The molecule has 0 aliphatic carbocycles. The van der Waals surface area contributed by atoms with Crippen LogP contribution in [0.1, 0.15) is 16.2 Å². The molecule has 8 nitrogen and oxygen atoms in total. The highest BCUT2D eigenvalue weighted by atomic mass is 32.2. The molecular formula is C20H19FN4O4S. The first-order valence-corrected chi connectivity index (χ1v) is 10.1. The topological polar surface area (TPSA) is 78.7 Å². The van der Waals surface area contributed by atoms with Crippen molar-refractivity contribution in [3.8, 4) is 17.2 Å². The van der Waals surface area contributed by atoms with Gasteiger partial charge in [0.05, 0.1) is 20.8 Å². The Kier molecular flexibility index (Phi) is 5.75. The monoisotopic (exact) mass is 430 g/mol. The minimum absolute atomic E-state index is 0.0420. The van der Waals surface area contributed by atoms with Crippen LogP contribution in [0.5, 0.6) is 17.2 Å². The lowest BCUT2D eigenvalue weighted by atomic mass is 10.2. The molecule has 0 spiro atoms. The number of hydrogen-bond donors (Lipinski definition) is 0. The van der Waals surface area contributed by atoms with Crippen molar-refractivity contribution in [3.05, 3.63) is 59.7 Å². The second-order valence-electron chi connectivity index (χ2n) is 6.31. The van der Waals surface area contributed by atoms with Gasteiger partial charge in [-0.3, -0.25) is 4.79 Å². The summed E-state index contributed by atoms with van der Waals surface area (Å²) in [4.78, 5) is 13.3. The number of ether oxygens (including phenoxy) is 3. The molecule has 4 rings (SSSR count). The summed E-state index contributed by atoms with van der Waals surface area (Å²) in [6.07, 6.45) is 0. The van der Waals surface area contributed by atoms with Gasteiger partial charge in [-0.05, 0) is 24.3 Å². The fraction of sp³-hybridized carbons (Fsp3) is 0.250. The summed E-state index contributed by atoms with van der Waals surface area (Å²) in [7, 11) is 3.05. The number of fused-ring (bicyclic) bond motifs is 1. The number of hydrogen-bond acceptors (Lipinski definition) is 7. The number of aromatic nitrogens is 3. The summed E-state index contributed by atoms with van der Waals surface area (Å²) in [5.41, 5.74) is 0.402. The highest BCUT2D eigenvalue weighted by Crippen LogP contribution is 2.27. The van der Waals surface area contributed by atoms with E-state index in [0.29, 0.717) is 40.3 Å². The van der Waals surface area contributed by atoms with Crippen LogP contribution in [0.15, 0.2) is 47.6 Å². The average Bonchev–Trinajstić information content (AvgIpc) is 3.21. The van der Waals surface area contributed by atoms with Crippen LogP contribution in [0.25, 0.3) is 0 Å². The Morgan fingerprint density at radius 2 is 1.87 bits per heavy atom. The molecule has 0 bridgehead atoms. The molecule has 156 valence electrons. The number of carbonyl (C=O) groups excluding carboxylic acids is 1. The van der Waals surface area contributed by atoms with Gasteiger partial charge in [-0.2, -0.15) is 0 Å². The second kappa shape index (κ2) is 8.62. The molecule has 30 heavy (non-hydrogen) atoms. The van der Waals surface area contributed by atoms with E-state index in [9.17, 15) is 9.18 Å². The normalized spacial score (nSPS) is 13.0. The summed E-state index contributed by atoms with van der Waals surface area (Å²) >= 11 is 1.48. The molecular weight excluding hydrogens is 411 g/mol. The van der Waals surface area contributed by atoms with Gasteiger partial charge in [0.15, 0.2) is 17.4 Å². The first-order valence-electron chi connectivity index (χ1n) is 9.10. The maximum absolute atomic E-state index is 13.9. The minimum Gasteiger partial charge on any atom is -0.497 e. The summed E-state index contributed by atoms with van der Waals surface area (Å²) < 4.78 is 31.6. The first-order chi connectivity index (χ1) is 14.6. The van der Waals surface area contributed by atoms with E-state index >= 15 is 0 Å². The van der Waals surface area contributed by atoms with Crippen molar-refractivity contribution in [1.29, 1.82) is 0 Å². The van der Waals surface area contributed by atoms with Gasteiger partial charge in [-0.25, -0.2) is 14.1 Å². The Morgan fingerprint density at radius 3 is 2.57 bits per heavy atom. The second-order valence-corrected chi connectivity index (χ2v) is 7.37. The Labute approximate surface area is 176 Å². The first kappa shape index (κ1) is 20.0. The number of carbonyl (C=O) groups is 1. The number of halogens is 1. The number of amides is 1. The lowest BCUT2D eigenvalue weighted by Gasteiger charge is -2.29. The molecule has 1 aliphatic rings. The highest BCUT2D eigenvalue weighted by Gasteiger charge is 2.29. The summed E-state index contributed by atoms with van der Waals surface area (Å²) in [6.45, 7) is 0.403. The van der Waals surface area contributed by atoms with Crippen molar-refractivity contribution in [1.82, 2.24) is 14.9 Å². The molecule has 0 saturated carbocycles. The smallest absolute Gasteiger partial charge is 0.273 e. The lowest BCUT2D eigenvalue weighted by Crippen LogP contribution is -2.45. The molecule has 0 atom stereocenters. The fourth-order valence-electron chi connectivity index (χ4n) is 3.02. The largest absolute Gasteiger partial charge is 0.497 e. The highest BCUT2D eigenvalue weighted by molar-refractivity contribution is 7.99. The zero-order valence-corrected chi connectivity index (χ0v) is 17.2. The number of methoxy groups -OCH3 is 2. The predicted octanol–water partition coefficient (Wildman–Crippen LogP) is 2.90. The van der Waals surface area contributed by atoms with Crippen molar-refractivity contribution in [2.24, 2.45) is 0 Å². The Balaban J connectivity index is 1.63. The molecule has 0 saturated heterocycles. The minimum atomic E-state index is -0.471. The van der Waals surface area contributed by atoms with Crippen LogP contribution in [-0.4, -0.2) is 47.3 Å². The van der Waals surface area contributed by atoms with Crippen molar-refractivity contribution < 1.29 is 23.4 Å². The summed E-state index contributed by atoms with van der Waals surface area (Å²) in [5.74, 6) is 1.45. The van der Waals surface area contributed by atoms with Gasteiger partial charge in [0, 0.05) is 17.4 Å². The summed E-state index contributed by atoms with van der Waals surface area (Å²) in [5, 5.41) is 10.4. The van der Waals surface area contributed by atoms with E-state index < -0.39 is 5.82 Å². The fourth-order valence-corrected chi connectivity index (χ4v) is 3.89. The van der Waals surface area contributed by atoms with E-state index in [1.807, 2.05) is 0 Å². The summed E-state index contributed by atoms with van der Waals surface area (Å²) in [6, 6.07) is 11.1. The van der Waals surface area contributed by atoms with E-state index in [0.717, 1.165) is 0 Å². The van der Waals surface area contributed by atoms with E-state index in [-0.39, 0.29) is 18.3 Å². The quantitative estimate of drug-likeness (QED) is 0.595. The van der Waals surface area contributed by atoms with Crippen LogP contribution in [0.4, 0.5) is 4.39 Å². The third kappa shape index (κ3) is 3.90. The molecule has 0 fully saturated rings. The van der Waals surface area contributed by atoms with Crippen LogP contribution in [0.2, 0.25) is 0 Å². The number of benzene rings is 2. The van der Waals surface area contributed by atoms with Crippen LogP contribution in [0.3, 0.4) is 0 Å². The van der Waals surface area contributed by atoms with Crippen molar-refractivity contribution in [2.75, 3.05) is 31.5 Å².